The van der Waals surface area contributed by atoms with Gasteiger partial charge in [0, 0.05) is 12.1 Å². The first kappa shape index (κ1) is 26.2. The number of hydrogen-bond acceptors (Lipinski definition) is 6. The molecule has 0 radical (unpaired) electrons. The Morgan fingerprint density at radius 2 is 0.846 bits per heavy atom. The molecule has 2 aromatic rings. The predicted octanol–water partition coefficient (Wildman–Crippen LogP) is -0.417. The molecule has 0 aliphatic heterocycles. The normalized spacial score (nSPS) is 13.8. The van der Waals surface area contributed by atoms with Crippen LogP contribution in [-0.4, -0.2) is 85.1 Å². The standard InChI is InChI=1S/C14H16N2O6S2.2Na.2H/c15-13(9-1-5-11(6-2-9)23(17,18)19)14(16)10-3-7-12(8-4-10)24(20,21)22;;;;/h1-8,13-14H,15-16H2,(H,17,18,19)(H,20,21,22);;;;. The van der Waals surface area contributed by atoms with Crippen molar-refractivity contribution in [1.82, 2.24) is 0 Å². The van der Waals surface area contributed by atoms with Crippen LogP contribution in [0.5, 0.6) is 0 Å². The molecule has 0 amide bonds. The Balaban J connectivity index is 0.00000312. The van der Waals surface area contributed by atoms with Gasteiger partial charge in [-0.25, -0.2) is 0 Å². The van der Waals surface area contributed by atoms with E-state index in [0.29, 0.717) is 11.1 Å². The van der Waals surface area contributed by atoms with Gasteiger partial charge in [-0.2, -0.15) is 16.8 Å². The second-order valence-electron chi connectivity index (χ2n) is 5.14. The maximum atomic E-state index is 11.0. The summed E-state index contributed by atoms with van der Waals surface area (Å²) < 4.78 is 61.9. The molecule has 0 spiro atoms. The average Bonchev–Trinajstić information content (AvgIpc) is 2.52. The summed E-state index contributed by atoms with van der Waals surface area (Å²) in [6.45, 7) is 0. The zero-order chi connectivity index (χ0) is 18.1. The van der Waals surface area contributed by atoms with Gasteiger partial charge in [-0.3, -0.25) is 9.11 Å². The van der Waals surface area contributed by atoms with Crippen LogP contribution in [-0.2, 0) is 20.2 Å². The third-order valence-electron chi connectivity index (χ3n) is 3.51. The molecule has 0 bridgehead atoms. The van der Waals surface area contributed by atoms with Crippen molar-refractivity contribution in [3.63, 3.8) is 0 Å². The van der Waals surface area contributed by atoms with Crippen molar-refractivity contribution in [1.29, 1.82) is 0 Å². The van der Waals surface area contributed by atoms with Gasteiger partial charge in [0.15, 0.2) is 0 Å². The fraction of sp³-hybridized carbons (Fsp3) is 0.143. The van der Waals surface area contributed by atoms with Crippen LogP contribution in [0.1, 0.15) is 23.2 Å². The molecule has 2 rings (SSSR count). The molecule has 26 heavy (non-hydrogen) atoms. The van der Waals surface area contributed by atoms with Gasteiger partial charge in [-0.05, 0) is 35.4 Å². The van der Waals surface area contributed by atoms with Gasteiger partial charge < -0.3 is 11.5 Å². The van der Waals surface area contributed by atoms with Crippen LogP contribution in [0.3, 0.4) is 0 Å². The van der Waals surface area contributed by atoms with E-state index in [9.17, 15) is 16.8 Å². The summed E-state index contributed by atoms with van der Waals surface area (Å²) >= 11 is 0. The van der Waals surface area contributed by atoms with Gasteiger partial charge in [0.05, 0.1) is 9.79 Å². The van der Waals surface area contributed by atoms with Crippen molar-refractivity contribution in [3.05, 3.63) is 59.7 Å². The number of rotatable bonds is 5. The van der Waals surface area contributed by atoms with E-state index >= 15 is 0 Å². The first-order valence-corrected chi connectivity index (χ1v) is 9.54. The van der Waals surface area contributed by atoms with E-state index < -0.39 is 32.3 Å². The van der Waals surface area contributed by atoms with Gasteiger partial charge in [-0.15, -0.1) is 0 Å². The van der Waals surface area contributed by atoms with E-state index in [-0.39, 0.29) is 68.9 Å². The fourth-order valence-electron chi connectivity index (χ4n) is 2.14. The van der Waals surface area contributed by atoms with Crippen molar-refractivity contribution >= 4 is 79.4 Å². The monoisotopic (exact) mass is 420 g/mol. The van der Waals surface area contributed by atoms with Crippen LogP contribution in [0.2, 0.25) is 0 Å². The van der Waals surface area contributed by atoms with E-state index in [0.717, 1.165) is 0 Å². The molecule has 0 aromatic heterocycles. The van der Waals surface area contributed by atoms with Gasteiger partial charge >= 0.3 is 59.1 Å². The Morgan fingerprint density at radius 3 is 1.04 bits per heavy atom. The predicted molar refractivity (Wildman–Crippen MR) is 101 cm³/mol. The second-order valence-corrected chi connectivity index (χ2v) is 7.98. The van der Waals surface area contributed by atoms with Gasteiger partial charge in [-0.1, -0.05) is 24.3 Å². The van der Waals surface area contributed by atoms with Crippen LogP contribution in [0.4, 0.5) is 0 Å². The Hall–Kier alpha value is 0.180. The third kappa shape index (κ3) is 6.66. The molecule has 8 nitrogen and oxygen atoms in total. The summed E-state index contributed by atoms with van der Waals surface area (Å²) in [5.41, 5.74) is 13.2. The Morgan fingerprint density at radius 1 is 0.615 bits per heavy atom. The minimum absolute atomic E-state index is 0. The van der Waals surface area contributed by atoms with E-state index in [1.165, 1.54) is 48.5 Å². The first-order valence-electron chi connectivity index (χ1n) is 6.66. The van der Waals surface area contributed by atoms with E-state index in [1.54, 1.807) is 0 Å². The Kier molecular flexibility index (Phi) is 10.2. The van der Waals surface area contributed by atoms with Crippen molar-refractivity contribution in [2.24, 2.45) is 11.5 Å². The van der Waals surface area contributed by atoms with Gasteiger partial charge in [0.25, 0.3) is 20.2 Å². The average molecular weight is 420 g/mol. The summed E-state index contributed by atoms with van der Waals surface area (Å²) in [5, 5.41) is 0. The summed E-state index contributed by atoms with van der Waals surface area (Å²) in [7, 11) is -8.58. The van der Waals surface area contributed by atoms with Crippen molar-refractivity contribution < 1.29 is 25.9 Å². The second kappa shape index (κ2) is 10.1. The van der Waals surface area contributed by atoms with Crippen molar-refractivity contribution in [2.45, 2.75) is 21.9 Å². The Bertz CT molecular complexity index is 853. The number of nitrogens with two attached hydrogens (primary N) is 2. The summed E-state index contributed by atoms with van der Waals surface area (Å²) in [6.07, 6.45) is 0. The van der Waals surface area contributed by atoms with Crippen LogP contribution in [0.15, 0.2) is 58.3 Å². The molecule has 0 saturated heterocycles. The molecule has 2 atom stereocenters. The van der Waals surface area contributed by atoms with Crippen LogP contribution in [0, 0.1) is 0 Å². The molecule has 2 unspecified atom stereocenters. The molecular weight excluding hydrogens is 402 g/mol. The number of benzene rings is 2. The molecule has 0 heterocycles. The van der Waals surface area contributed by atoms with E-state index in [4.69, 9.17) is 20.6 Å². The number of hydrogen-bond donors (Lipinski definition) is 4. The third-order valence-corrected chi connectivity index (χ3v) is 5.25. The van der Waals surface area contributed by atoms with Crippen LogP contribution >= 0.6 is 0 Å². The zero-order valence-corrected chi connectivity index (χ0v) is 13.9. The fourth-order valence-corrected chi connectivity index (χ4v) is 3.10. The van der Waals surface area contributed by atoms with Crippen LogP contribution < -0.4 is 11.5 Å². The molecule has 2 aromatic carbocycles. The van der Waals surface area contributed by atoms with Gasteiger partial charge in [0.1, 0.15) is 0 Å². The Labute approximate surface area is 196 Å². The molecule has 134 valence electrons. The molecule has 0 aliphatic carbocycles. The molecule has 12 heteroatoms. The summed E-state index contributed by atoms with van der Waals surface area (Å²) in [6, 6.07) is 9.16. The summed E-state index contributed by atoms with van der Waals surface area (Å²) in [5.74, 6) is 0. The molecule has 6 N–H and O–H groups in total. The van der Waals surface area contributed by atoms with Crippen molar-refractivity contribution in [2.75, 3.05) is 0 Å². The van der Waals surface area contributed by atoms with Crippen molar-refractivity contribution in [3.8, 4) is 0 Å². The van der Waals surface area contributed by atoms with E-state index in [2.05, 4.69) is 0 Å². The zero-order valence-electron chi connectivity index (χ0n) is 12.3. The molecular formula is C14H18N2Na2O6S2. The van der Waals surface area contributed by atoms with Crippen LogP contribution in [0.25, 0.3) is 0 Å². The quantitative estimate of drug-likeness (QED) is 0.375. The molecule has 0 saturated carbocycles. The first-order chi connectivity index (χ1) is 11.0. The maximum absolute atomic E-state index is 11.0. The molecule has 0 fully saturated rings. The summed E-state index contributed by atoms with van der Waals surface area (Å²) in [4.78, 5) is -0.519. The van der Waals surface area contributed by atoms with Gasteiger partial charge in [0.2, 0.25) is 0 Å². The molecule has 0 aliphatic rings. The topological polar surface area (TPSA) is 161 Å². The SMILES string of the molecule is NC(c1ccc(S(=O)(=O)O)cc1)C(N)c1ccc(S(=O)(=O)O)cc1.[NaH].[NaH]. The minimum atomic E-state index is -4.29. The van der Waals surface area contributed by atoms with E-state index in [1.807, 2.05) is 0 Å².